The standard InChI is InChI=1S/2C9H15NO2/c2*1-12-9(11)8-5-6-3-2-4-7(6)10-8/h2*6-8,10H,2-5H2,1H3. The highest BCUT2D eigenvalue weighted by atomic mass is 16.5. The third-order valence-electron chi connectivity index (χ3n) is 6.20. The van der Waals surface area contributed by atoms with Gasteiger partial charge in [0.15, 0.2) is 0 Å². The van der Waals surface area contributed by atoms with Crippen LogP contribution in [0.5, 0.6) is 0 Å². The molecule has 136 valence electrons. The summed E-state index contributed by atoms with van der Waals surface area (Å²) < 4.78 is 9.40. The number of methoxy groups -OCH3 is 2. The predicted octanol–water partition coefficient (Wildman–Crippen LogP) is 1.38. The van der Waals surface area contributed by atoms with E-state index in [9.17, 15) is 9.59 Å². The van der Waals surface area contributed by atoms with Crippen molar-refractivity contribution in [3.05, 3.63) is 0 Å². The van der Waals surface area contributed by atoms with E-state index in [0.717, 1.165) is 24.7 Å². The zero-order valence-corrected chi connectivity index (χ0v) is 14.8. The molecule has 0 amide bonds. The minimum absolute atomic E-state index is 0.0229. The van der Waals surface area contributed by atoms with Gasteiger partial charge in [-0.05, 0) is 50.4 Å². The van der Waals surface area contributed by atoms with Gasteiger partial charge in [-0.2, -0.15) is 0 Å². The van der Waals surface area contributed by atoms with Crippen LogP contribution >= 0.6 is 0 Å². The van der Waals surface area contributed by atoms with Gasteiger partial charge in [0.05, 0.1) is 14.2 Å². The van der Waals surface area contributed by atoms with Crippen LogP contribution in [0, 0.1) is 11.8 Å². The summed E-state index contributed by atoms with van der Waals surface area (Å²) in [7, 11) is 2.91. The summed E-state index contributed by atoms with van der Waals surface area (Å²) in [5, 5.41) is 6.66. The molecule has 4 fully saturated rings. The minimum Gasteiger partial charge on any atom is -0.468 e. The highest BCUT2D eigenvalue weighted by Gasteiger charge is 2.40. The second-order valence-corrected chi connectivity index (χ2v) is 7.55. The molecule has 2 saturated carbocycles. The second kappa shape index (κ2) is 7.83. The third-order valence-corrected chi connectivity index (χ3v) is 6.20. The molecule has 0 radical (unpaired) electrons. The fourth-order valence-electron chi connectivity index (χ4n) is 4.95. The first-order chi connectivity index (χ1) is 11.6. The normalized spacial score (nSPS) is 39.6. The van der Waals surface area contributed by atoms with Gasteiger partial charge < -0.3 is 20.1 Å². The first kappa shape index (κ1) is 17.7. The van der Waals surface area contributed by atoms with Crippen molar-refractivity contribution in [1.82, 2.24) is 10.6 Å². The first-order valence-electron chi connectivity index (χ1n) is 9.30. The van der Waals surface area contributed by atoms with Gasteiger partial charge in [-0.25, -0.2) is 0 Å². The van der Waals surface area contributed by atoms with E-state index in [1.807, 2.05) is 0 Å². The van der Waals surface area contributed by atoms with Crippen LogP contribution in [-0.2, 0) is 19.1 Å². The molecule has 4 aliphatic rings. The van der Waals surface area contributed by atoms with E-state index in [1.54, 1.807) is 0 Å². The second-order valence-electron chi connectivity index (χ2n) is 7.55. The highest BCUT2D eigenvalue weighted by molar-refractivity contribution is 5.76. The SMILES string of the molecule is COC(=O)C1CC2CCCC2N1.COC(=O)C1CC2CCCC2N1. The Kier molecular flexibility index (Phi) is 5.76. The van der Waals surface area contributed by atoms with Crippen molar-refractivity contribution in [3.63, 3.8) is 0 Å². The van der Waals surface area contributed by atoms with Gasteiger partial charge in [0.2, 0.25) is 0 Å². The number of nitrogens with one attached hydrogen (secondary N) is 2. The molecule has 24 heavy (non-hydrogen) atoms. The smallest absolute Gasteiger partial charge is 0.322 e. The summed E-state index contributed by atoms with van der Waals surface area (Å²) in [6.07, 6.45) is 9.63. The Morgan fingerprint density at radius 1 is 0.750 bits per heavy atom. The Morgan fingerprint density at radius 2 is 1.17 bits per heavy atom. The van der Waals surface area contributed by atoms with Crippen LogP contribution in [0.3, 0.4) is 0 Å². The van der Waals surface area contributed by atoms with Crippen LogP contribution in [0.2, 0.25) is 0 Å². The molecule has 0 spiro atoms. The van der Waals surface area contributed by atoms with Crippen LogP contribution in [0.15, 0.2) is 0 Å². The number of rotatable bonds is 2. The Bertz CT molecular complexity index is 404. The molecular formula is C18H30N2O4. The zero-order chi connectivity index (χ0) is 17.1. The molecule has 6 heteroatoms. The summed E-state index contributed by atoms with van der Waals surface area (Å²) >= 11 is 0. The van der Waals surface area contributed by atoms with Crippen LogP contribution in [0.25, 0.3) is 0 Å². The van der Waals surface area contributed by atoms with Crippen molar-refractivity contribution in [2.75, 3.05) is 14.2 Å². The molecule has 2 aliphatic heterocycles. The van der Waals surface area contributed by atoms with Crippen LogP contribution in [0.4, 0.5) is 0 Å². The average Bonchev–Trinajstić information content (AvgIpc) is 3.31. The van der Waals surface area contributed by atoms with Gasteiger partial charge in [-0.3, -0.25) is 9.59 Å². The van der Waals surface area contributed by atoms with Crippen molar-refractivity contribution in [1.29, 1.82) is 0 Å². The lowest BCUT2D eigenvalue weighted by Gasteiger charge is -2.09. The number of carbonyl (C=O) groups excluding carboxylic acids is 2. The van der Waals surface area contributed by atoms with E-state index < -0.39 is 0 Å². The summed E-state index contributed by atoms with van der Waals surface area (Å²) in [5.41, 5.74) is 0. The lowest BCUT2D eigenvalue weighted by molar-refractivity contribution is -0.143. The lowest BCUT2D eigenvalue weighted by Crippen LogP contribution is -2.35. The van der Waals surface area contributed by atoms with Crippen LogP contribution in [0.1, 0.15) is 51.4 Å². The Labute approximate surface area is 144 Å². The minimum atomic E-state index is -0.0931. The van der Waals surface area contributed by atoms with Crippen molar-refractivity contribution in [2.45, 2.75) is 75.5 Å². The van der Waals surface area contributed by atoms with Gasteiger partial charge >= 0.3 is 11.9 Å². The number of ether oxygens (including phenoxy) is 2. The lowest BCUT2D eigenvalue weighted by atomic mass is 10.0. The van der Waals surface area contributed by atoms with E-state index >= 15 is 0 Å². The van der Waals surface area contributed by atoms with Gasteiger partial charge in [0.1, 0.15) is 12.1 Å². The molecule has 4 rings (SSSR count). The Hall–Kier alpha value is -1.14. The summed E-state index contributed by atoms with van der Waals surface area (Å²) in [4.78, 5) is 22.3. The van der Waals surface area contributed by atoms with Gasteiger partial charge in [0, 0.05) is 12.1 Å². The number of esters is 2. The number of hydrogen-bond acceptors (Lipinski definition) is 6. The van der Waals surface area contributed by atoms with Crippen molar-refractivity contribution in [2.24, 2.45) is 11.8 Å². The highest BCUT2D eigenvalue weighted by Crippen LogP contribution is 2.35. The molecule has 6 unspecified atom stereocenters. The van der Waals surface area contributed by atoms with E-state index in [2.05, 4.69) is 10.6 Å². The Balaban J connectivity index is 0.000000141. The van der Waals surface area contributed by atoms with E-state index in [1.165, 1.54) is 52.7 Å². The summed E-state index contributed by atoms with van der Waals surface area (Å²) in [5.74, 6) is 1.27. The molecule has 2 saturated heterocycles. The van der Waals surface area contributed by atoms with Gasteiger partial charge in [0.25, 0.3) is 0 Å². The fourth-order valence-corrected chi connectivity index (χ4v) is 4.95. The van der Waals surface area contributed by atoms with E-state index in [0.29, 0.717) is 12.1 Å². The van der Waals surface area contributed by atoms with Gasteiger partial charge in [-0.1, -0.05) is 12.8 Å². The molecule has 6 atom stereocenters. The third kappa shape index (κ3) is 3.75. The van der Waals surface area contributed by atoms with Crippen molar-refractivity contribution < 1.29 is 19.1 Å². The maximum absolute atomic E-state index is 11.2. The van der Waals surface area contributed by atoms with Crippen LogP contribution in [-0.4, -0.2) is 50.3 Å². The first-order valence-corrected chi connectivity index (χ1v) is 9.30. The predicted molar refractivity (Wildman–Crippen MR) is 89.4 cm³/mol. The Morgan fingerprint density at radius 3 is 1.50 bits per heavy atom. The molecule has 2 N–H and O–H groups in total. The molecular weight excluding hydrogens is 308 g/mol. The van der Waals surface area contributed by atoms with Crippen molar-refractivity contribution in [3.8, 4) is 0 Å². The van der Waals surface area contributed by atoms with E-state index in [-0.39, 0.29) is 24.0 Å². The summed E-state index contributed by atoms with van der Waals surface area (Å²) in [6.45, 7) is 0. The number of carbonyl (C=O) groups is 2. The van der Waals surface area contributed by atoms with E-state index in [4.69, 9.17) is 9.47 Å². The molecule has 0 aromatic heterocycles. The quantitative estimate of drug-likeness (QED) is 0.741. The largest absolute Gasteiger partial charge is 0.468 e. The zero-order valence-electron chi connectivity index (χ0n) is 14.8. The maximum Gasteiger partial charge on any atom is 0.322 e. The number of fused-ring (bicyclic) bond motifs is 2. The molecule has 0 bridgehead atoms. The monoisotopic (exact) mass is 338 g/mol. The fraction of sp³-hybridized carbons (Fsp3) is 0.889. The van der Waals surface area contributed by atoms with Crippen LogP contribution < -0.4 is 10.6 Å². The molecule has 0 aromatic carbocycles. The van der Waals surface area contributed by atoms with Gasteiger partial charge in [-0.15, -0.1) is 0 Å². The number of hydrogen-bond donors (Lipinski definition) is 2. The summed E-state index contributed by atoms with van der Waals surface area (Å²) in [6, 6.07) is 1.14. The topological polar surface area (TPSA) is 76.7 Å². The molecule has 2 aliphatic carbocycles. The average molecular weight is 338 g/mol. The molecule has 2 heterocycles. The molecule has 0 aromatic rings. The van der Waals surface area contributed by atoms with Crippen molar-refractivity contribution >= 4 is 11.9 Å². The molecule has 6 nitrogen and oxygen atoms in total. The maximum atomic E-state index is 11.2.